The van der Waals surface area contributed by atoms with Gasteiger partial charge >= 0.3 is 5.97 Å². The number of hydrogen-bond donors (Lipinski definition) is 0. The molecule has 0 unspecified atom stereocenters. The van der Waals surface area contributed by atoms with Gasteiger partial charge in [0, 0.05) is 23.0 Å². The number of hydrogen-bond acceptors (Lipinski definition) is 4. The van der Waals surface area contributed by atoms with Crippen molar-refractivity contribution >= 4 is 46.0 Å². The number of rotatable bonds is 6. The molecule has 5 nitrogen and oxygen atoms in total. The van der Waals surface area contributed by atoms with Crippen LogP contribution in [-0.2, 0) is 22.5 Å². The smallest absolute Gasteiger partial charge is 0.339 e. The maximum atomic E-state index is 14.5. The second kappa shape index (κ2) is 11.2. The molecule has 0 saturated carbocycles. The Bertz CT molecular complexity index is 1610. The van der Waals surface area contributed by atoms with E-state index < -0.39 is 17.3 Å². The molecule has 1 heterocycles. The van der Waals surface area contributed by atoms with Crippen molar-refractivity contribution in [3.8, 4) is 0 Å². The van der Waals surface area contributed by atoms with Gasteiger partial charge in [0.05, 0.1) is 21.8 Å². The minimum absolute atomic E-state index is 0.283. The first-order valence-electron chi connectivity index (χ1n) is 13.2. The van der Waals surface area contributed by atoms with Crippen molar-refractivity contribution in [2.75, 3.05) is 6.61 Å². The predicted octanol–water partition coefficient (Wildman–Crippen LogP) is 7.50. The number of carbonyl (C=O) groups excluding carboxylic acids is 2. The lowest BCUT2D eigenvalue weighted by Gasteiger charge is -2.35. The van der Waals surface area contributed by atoms with E-state index in [1.54, 1.807) is 23.1 Å². The van der Waals surface area contributed by atoms with Gasteiger partial charge in [-0.25, -0.2) is 14.2 Å². The summed E-state index contributed by atoms with van der Waals surface area (Å²) in [5, 5.41) is 0.958. The second-order valence-corrected chi connectivity index (χ2v) is 11.3. The minimum Gasteiger partial charge on any atom is -0.452 e. The van der Waals surface area contributed by atoms with E-state index in [0.717, 1.165) is 16.7 Å². The number of pyridine rings is 1. The molecule has 0 saturated heterocycles. The van der Waals surface area contributed by atoms with Gasteiger partial charge in [0.15, 0.2) is 6.61 Å². The average Bonchev–Trinajstić information content (AvgIpc) is 3.32. The van der Waals surface area contributed by atoms with Gasteiger partial charge in [-0.05, 0) is 74.6 Å². The number of halogens is 2. The third-order valence-corrected chi connectivity index (χ3v) is 7.41. The highest BCUT2D eigenvalue weighted by Crippen LogP contribution is 2.39. The fourth-order valence-electron chi connectivity index (χ4n) is 5.08. The second-order valence-electron chi connectivity index (χ2n) is 10.8. The van der Waals surface area contributed by atoms with E-state index in [0.29, 0.717) is 46.6 Å². The van der Waals surface area contributed by atoms with E-state index >= 15 is 0 Å². The Morgan fingerprint density at radius 1 is 1.00 bits per heavy atom. The molecule has 40 heavy (non-hydrogen) atoms. The Morgan fingerprint density at radius 3 is 2.45 bits per heavy atom. The van der Waals surface area contributed by atoms with Gasteiger partial charge in [-0.1, -0.05) is 66.2 Å². The summed E-state index contributed by atoms with van der Waals surface area (Å²) >= 11 is 6.28. The largest absolute Gasteiger partial charge is 0.452 e. The van der Waals surface area contributed by atoms with Crippen LogP contribution < -0.4 is 0 Å². The molecule has 0 fully saturated rings. The molecule has 0 bridgehead atoms. The molecule has 1 aliphatic rings. The molecule has 0 radical (unpaired) electrons. The first kappa shape index (κ1) is 27.5. The van der Waals surface area contributed by atoms with Crippen LogP contribution in [0.2, 0.25) is 5.02 Å². The van der Waals surface area contributed by atoms with Crippen LogP contribution in [0.5, 0.6) is 0 Å². The van der Waals surface area contributed by atoms with Crippen LogP contribution in [0.1, 0.15) is 59.9 Å². The predicted molar refractivity (Wildman–Crippen MR) is 156 cm³/mol. The molecule has 5 rings (SSSR count). The van der Waals surface area contributed by atoms with E-state index in [2.05, 4.69) is 0 Å². The number of aromatic nitrogens is 1. The third-order valence-electron chi connectivity index (χ3n) is 7.09. The normalized spacial score (nSPS) is 13.9. The highest BCUT2D eigenvalue weighted by atomic mass is 35.5. The Labute approximate surface area is 238 Å². The fourth-order valence-corrected chi connectivity index (χ4v) is 5.30. The van der Waals surface area contributed by atoms with Crippen molar-refractivity contribution in [1.82, 2.24) is 9.88 Å². The zero-order valence-electron chi connectivity index (χ0n) is 22.7. The number of benzene rings is 3. The number of esters is 1. The standard InChI is InChI=1S/C33H30ClFN2O3/c1-33(2,3)37(19-21-10-5-4-6-11-21)29(38)20-40-32(39)30-23-12-7-8-15-28(23)36-31-22(16-17-24(30)31)18-25-26(34)13-9-14-27(25)35/h4-15,18H,16-17,19-20H2,1-3H3/b22-18+. The number of ether oxygens (including phenoxy) is 1. The summed E-state index contributed by atoms with van der Waals surface area (Å²) in [4.78, 5) is 33.5. The van der Waals surface area contributed by atoms with Crippen molar-refractivity contribution in [3.05, 3.63) is 112 Å². The van der Waals surface area contributed by atoms with E-state index in [1.165, 1.54) is 6.07 Å². The molecule has 0 aliphatic heterocycles. The fraction of sp³-hybridized carbons (Fsp3) is 0.242. The lowest BCUT2D eigenvalue weighted by Crippen LogP contribution is -2.46. The van der Waals surface area contributed by atoms with Crippen molar-refractivity contribution in [1.29, 1.82) is 0 Å². The SMILES string of the molecule is CC(C)(C)N(Cc1ccccc1)C(=O)COC(=O)c1c2c(nc3ccccc13)/C(=C/c1c(F)cccc1Cl)CC2. The lowest BCUT2D eigenvalue weighted by atomic mass is 10.0. The summed E-state index contributed by atoms with van der Waals surface area (Å²) in [6.07, 6.45) is 2.80. The summed E-state index contributed by atoms with van der Waals surface area (Å²) in [7, 11) is 0. The van der Waals surface area contributed by atoms with Gasteiger partial charge in [-0.2, -0.15) is 0 Å². The molecule has 1 aromatic heterocycles. The maximum Gasteiger partial charge on any atom is 0.339 e. The zero-order chi connectivity index (χ0) is 28.4. The van der Waals surface area contributed by atoms with E-state index in [4.69, 9.17) is 21.3 Å². The molecule has 0 spiro atoms. The van der Waals surface area contributed by atoms with Gasteiger partial charge in [0.25, 0.3) is 5.91 Å². The summed E-state index contributed by atoms with van der Waals surface area (Å²) < 4.78 is 20.2. The van der Waals surface area contributed by atoms with Crippen LogP contribution in [0.15, 0.2) is 72.8 Å². The molecule has 1 aliphatic carbocycles. The molecule has 3 aromatic carbocycles. The highest BCUT2D eigenvalue weighted by molar-refractivity contribution is 6.32. The Balaban J connectivity index is 1.46. The molecule has 7 heteroatoms. The summed E-state index contributed by atoms with van der Waals surface area (Å²) in [6.45, 7) is 5.88. The van der Waals surface area contributed by atoms with Crippen LogP contribution in [0, 0.1) is 5.82 Å². The Hall–Kier alpha value is -4.03. The van der Waals surface area contributed by atoms with E-state index in [-0.39, 0.29) is 18.1 Å². The van der Waals surface area contributed by atoms with Crippen molar-refractivity contribution in [2.24, 2.45) is 0 Å². The van der Waals surface area contributed by atoms with Crippen LogP contribution in [0.25, 0.3) is 22.6 Å². The zero-order valence-corrected chi connectivity index (χ0v) is 23.5. The van der Waals surface area contributed by atoms with Gasteiger partial charge < -0.3 is 9.64 Å². The van der Waals surface area contributed by atoms with Crippen LogP contribution in [0.3, 0.4) is 0 Å². The topological polar surface area (TPSA) is 59.5 Å². The first-order chi connectivity index (χ1) is 19.1. The quantitative estimate of drug-likeness (QED) is 0.231. The van der Waals surface area contributed by atoms with E-state index in [9.17, 15) is 14.0 Å². The Morgan fingerprint density at radius 2 is 1.73 bits per heavy atom. The Kier molecular flexibility index (Phi) is 7.72. The van der Waals surface area contributed by atoms with Gasteiger partial charge in [-0.15, -0.1) is 0 Å². The summed E-state index contributed by atoms with van der Waals surface area (Å²) in [5.41, 5.74) is 3.96. The third kappa shape index (κ3) is 5.63. The highest BCUT2D eigenvalue weighted by Gasteiger charge is 2.30. The number of para-hydroxylation sites is 1. The summed E-state index contributed by atoms with van der Waals surface area (Å²) in [6, 6.07) is 21.6. The monoisotopic (exact) mass is 556 g/mol. The molecule has 1 amide bonds. The lowest BCUT2D eigenvalue weighted by molar-refractivity contribution is -0.140. The molecule has 0 atom stereocenters. The van der Waals surface area contributed by atoms with Crippen molar-refractivity contribution in [2.45, 2.75) is 45.7 Å². The number of allylic oxidation sites excluding steroid dienone is 1. The average molecular weight is 557 g/mol. The number of carbonyl (C=O) groups is 2. The van der Waals surface area contributed by atoms with Gasteiger partial charge in [0.2, 0.25) is 0 Å². The van der Waals surface area contributed by atoms with Crippen LogP contribution >= 0.6 is 11.6 Å². The summed E-state index contributed by atoms with van der Waals surface area (Å²) in [5.74, 6) is -1.29. The number of fused-ring (bicyclic) bond motifs is 2. The molecule has 0 N–H and O–H groups in total. The molecular formula is C33H30ClFN2O3. The molecule has 4 aromatic rings. The van der Waals surface area contributed by atoms with Gasteiger partial charge in [0.1, 0.15) is 5.82 Å². The molecule has 204 valence electrons. The van der Waals surface area contributed by atoms with Crippen LogP contribution in [0.4, 0.5) is 4.39 Å². The first-order valence-corrected chi connectivity index (χ1v) is 13.6. The minimum atomic E-state index is -0.582. The van der Waals surface area contributed by atoms with Gasteiger partial charge in [-0.3, -0.25) is 4.79 Å². The molecular weight excluding hydrogens is 527 g/mol. The number of nitrogens with zero attached hydrogens (tertiary/aromatic N) is 2. The van der Waals surface area contributed by atoms with Crippen molar-refractivity contribution in [3.63, 3.8) is 0 Å². The van der Waals surface area contributed by atoms with E-state index in [1.807, 2.05) is 75.4 Å². The maximum absolute atomic E-state index is 14.5. The number of amides is 1. The van der Waals surface area contributed by atoms with Crippen molar-refractivity contribution < 1.29 is 18.7 Å². The van der Waals surface area contributed by atoms with Crippen LogP contribution in [-0.4, -0.2) is 33.9 Å².